The van der Waals surface area contributed by atoms with Crippen molar-refractivity contribution in [3.05, 3.63) is 17.8 Å². The van der Waals surface area contributed by atoms with E-state index in [-0.39, 0.29) is 5.69 Å². The minimum Gasteiger partial charge on any atom is -0.476 e. The fraction of sp³-hybridized carbons (Fsp3) is 0.545. The van der Waals surface area contributed by atoms with Crippen molar-refractivity contribution in [3.63, 3.8) is 0 Å². The standard InChI is InChI=1S/C11H15N3O3/c15-11(16)9-3-4-10(14-13-9)12-5-6-17-7-8-1-2-8/h3-4,8H,1-2,5-7H2,(H,12,14)(H,15,16). The van der Waals surface area contributed by atoms with Crippen LogP contribution in [0.2, 0.25) is 0 Å². The Bertz CT molecular complexity index is 376. The van der Waals surface area contributed by atoms with Crippen LogP contribution in [-0.2, 0) is 4.74 Å². The minimum absolute atomic E-state index is 0.0551. The number of hydrogen-bond donors (Lipinski definition) is 2. The predicted octanol–water partition coefficient (Wildman–Crippen LogP) is 1.01. The lowest BCUT2D eigenvalue weighted by atomic mass is 10.4. The van der Waals surface area contributed by atoms with Gasteiger partial charge in [0.05, 0.1) is 6.61 Å². The molecule has 0 unspecified atom stereocenters. The smallest absolute Gasteiger partial charge is 0.356 e. The highest BCUT2D eigenvalue weighted by Crippen LogP contribution is 2.28. The summed E-state index contributed by atoms with van der Waals surface area (Å²) in [6, 6.07) is 3.01. The number of aromatic carboxylic acids is 1. The number of ether oxygens (including phenoxy) is 1. The third kappa shape index (κ3) is 3.99. The molecule has 2 rings (SSSR count). The summed E-state index contributed by atoms with van der Waals surface area (Å²) in [5.74, 6) is 0.256. The van der Waals surface area contributed by atoms with Gasteiger partial charge in [-0.15, -0.1) is 10.2 Å². The van der Waals surface area contributed by atoms with Crippen LogP contribution >= 0.6 is 0 Å². The Labute approximate surface area is 99.0 Å². The number of hydrogen-bond acceptors (Lipinski definition) is 5. The highest BCUT2D eigenvalue weighted by Gasteiger charge is 2.20. The van der Waals surface area contributed by atoms with Crippen LogP contribution in [0.5, 0.6) is 0 Å². The van der Waals surface area contributed by atoms with E-state index in [2.05, 4.69) is 15.5 Å². The minimum atomic E-state index is -1.07. The molecular weight excluding hydrogens is 222 g/mol. The molecule has 1 aromatic heterocycles. The lowest BCUT2D eigenvalue weighted by Crippen LogP contribution is -2.12. The van der Waals surface area contributed by atoms with Gasteiger partial charge in [0.1, 0.15) is 5.82 Å². The van der Waals surface area contributed by atoms with Gasteiger partial charge in [-0.05, 0) is 30.9 Å². The number of aromatic nitrogens is 2. The number of carboxylic acids is 1. The summed E-state index contributed by atoms with van der Waals surface area (Å²) in [6.45, 7) is 2.11. The zero-order valence-corrected chi connectivity index (χ0v) is 9.43. The Balaban J connectivity index is 1.65. The number of anilines is 1. The first kappa shape index (κ1) is 11.8. The Hall–Kier alpha value is -1.69. The molecule has 17 heavy (non-hydrogen) atoms. The van der Waals surface area contributed by atoms with Gasteiger partial charge in [-0.2, -0.15) is 0 Å². The first-order chi connectivity index (χ1) is 8.25. The summed E-state index contributed by atoms with van der Waals surface area (Å²) < 4.78 is 5.44. The monoisotopic (exact) mass is 237 g/mol. The average molecular weight is 237 g/mol. The van der Waals surface area contributed by atoms with E-state index in [1.165, 1.54) is 18.9 Å². The van der Waals surface area contributed by atoms with Gasteiger partial charge in [-0.3, -0.25) is 0 Å². The molecule has 6 heteroatoms. The normalized spacial score (nSPS) is 14.6. The zero-order valence-electron chi connectivity index (χ0n) is 9.43. The summed E-state index contributed by atoms with van der Waals surface area (Å²) >= 11 is 0. The van der Waals surface area contributed by atoms with Crippen molar-refractivity contribution in [2.24, 2.45) is 5.92 Å². The predicted molar refractivity (Wildman–Crippen MR) is 61.0 cm³/mol. The molecule has 0 bridgehead atoms. The molecule has 1 aliphatic rings. The first-order valence-corrected chi connectivity index (χ1v) is 5.64. The molecule has 0 saturated heterocycles. The van der Waals surface area contributed by atoms with Crippen molar-refractivity contribution in [3.8, 4) is 0 Å². The molecule has 0 aliphatic heterocycles. The molecule has 92 valence electrons. The van der Waals surface area contributed by atoms with Gasteiger partial charge in [0.25, 0.3) is 0 Å². The van der Waals surface area contributed by atoms with Gasteiger partial charge in [0.2, 0.25) is 0 Å². The van der Waals surface area contributed by atoms with Gasteiger partial charge in [0, 0.05) is 13.2 Å². The number of nitrogens with zero attached hydrogens (tertiary/aromatic N) is 2. The summed E-state index contributed by atoms with van der Waals surface area (Å²) in [7, 11) is 0. The largest absolute Gasteiger partial charge is 0.476 e. The van der Waals surface area contributed by atoms with Gasteiger partial charge in [-0.1, -0.05) is 0 Å². The maximum absolute atomic E-state index is 10.5. The van der Waals surface area contributed by atoms with Gasteiger partial charge >= 0.3 is 5.97 Å². The van der Waals surface area contributed by atoms with E-state index in [4.69, 9.17) is 9.84 Å². The Morgan fingerprint density at radius 3 is 2.88 bits per heavy atom. The SMILES string of the molecule is O=C(O)c1ccc(NCCOCC2CC2)nn1. The summed E-state index contributed by atoms with van der Waals surface area (Å²) in [6.07, 6.45) is 2.57. The second kappa shape index (κ2) is 5.58. The van der Waals surface area contributed by atoms with Crippen LogP contribution < -0.4 is 5.32 Å². The van der Waals surface area contributed by atoms with Crippen LogP contribution in [0.15, 0.2) is 12.1 Å². The third-order valence-corrected chi connectivity index (χ3v) is 2.49. The van der Waals surface area contributed by atoms with E-state index < -0.39 is 5.97 Å². The first-order valence-electron chi connectivity index (χ1n) is 5.64. The molecule has 1 heterocycles. The number of rotatable bonds is 7. The third-order valence-electron chi connectivity index (χ3n) is 2.49. The quantitative estimate of drug-likeness (QED) is 0.688. The molecule has 1 saturated carbocycles. The van der Waals surface area contributed by atoms with E-state index in [9.17, 15) is 4.79 Å². The molecule has 1 aliphatic carbocycles. The second-order valence-corrected chi connectivity index (χ2v) is 4.05. The van der Waals surface area contributed by atoms with Crippen LogP contribution in [0.1, 0.15) is 23.3 Å². The van der Waals surface area contributed by atoms with Crippen molar-refractivity contribution >= 4 is 11.8 Å². The molecule has 1 aromatic rings. The van der Waals surface area contributed by atoms with Gasteiger partial charge < -0.3 is 15.2 Å². The summed E-state index contributed by atoms with van der Waals surface area (Å²) in [5.41, 5.74) is -0.0551. The molecule has 0 atom stereocenters. The van der Waals surface area contributed by atoms with E-state index in [0.717, 1.165) is 12.5 Å². The molecule has 0 radical (unpaired) electrons. The maximum Gasteiger partial charge on any atom is 0.356 e. The Morgan fingerprint density at radius 2 is 2.29 bits per heavy atom. The number of carbonyl (C=O) groups is 1. The molecule has 0 amide bonds. The van der Waals surface area contributed by atoms with E-state index in [0.29, 0.717) is 19.0 Å². The fourth-order valence-corrected chi connectivity index (χ4v) is 1.33. The summed E-state index contributed by atoms with van der Waals surface area (Å²) in [5, 5.41) is 19.0. The molecule has 1 fully saturated rings. The number of carboxylic acid groups (broad SMARTS) is 1. The molecule has 0 spiro atoms. The molecule has 0 aromatic carbocycles. The van der Waals surface area contributed by atoms with Gasteiger partial charge in [-0.25, -0.2) is 4.79 Å². The molecular formula is C11H15N3O3. The fourth-order valence-electron chi connectivity index (χ4n) is 1.33. The molecule has 2 N–H and O–H groups in total. The average Bonchev–Trinajstić information content (AvgIpc) is 3.13. The van der Waals surface area contributed by atoms with Crippen LogP contribution in [-0.4, -0.2) is 41.0 Å². The topological polar surface area (TPSA) is 84.3 Å². The highest BCUT2D eigenvalue weighted by molar-refractivity contribution is 5.85. The van der Waals surface area contributed by atoms with Crippen molar-refractivity contribution in [2.75, 3.05) is 25.1 Å². The number of nitrogens with one attached hydrogen (secondary N) is 1. The summed E-state index contributed by atoms with van der Waals surface area (Å²) in [4.78, 5) is 10.5. The Kier molecular flexibility index (Phi) is 3.87. The van der Waals surface area contributed by atoms with Crippen molar-refractivity contribution in [1.82, 2.24) is 10.2 Å². The van der Waals surface area contributed by atoms with Crippen molar-refractivity contribution < 1.29 is 14.6 Å². The van der Waals surface area contributed by atoms with Crippen molar-refractivity contribution in [1.29, 1.82) is 0 Å². The van der Waals surface area contributed by atoms with Crippen molar-refractivity contribution in [2.45, 2.75) is 12.8 Å². The second-order valence-electron chi connectivity index (χ2n) is 4.05. The maximum atomic E-state index is 10.5. The molecule has 6 nitrogen and oxygen atoms in total. The van der Waals surface area contributed by atoms with Crippen LogP contribution in [0.25, 0.3) is 0 Å². The Morgan fingerprint density at radius 1 is 1.47 bits per heavy atom. The van der Waals surface area contributed by atoms with E-state index in [1.807, 2.05) is 0 Å². The van der Waals surface area contributed by atoms with E-state index in [1.54, 1.807) is 6.07 Å². The van der Waals surface area contributed by atoms with E-state index >= 15 is 0 Å². The van der Waals surface area contributed by atoms with Crippen LogP contribution in [0, 0.1) is 5.92 Å². The van der Waals surface area contributed by atoms with Crippen LogP contribution in [0.3, 0.4) is 0 Å². The van der Waals surface area contributed by atoms with Crippen LogP contribution in [0.4, 0.5) is 5.82 Å². The zero-order chi connectivity index (χ0) is 12.1. The lowest BCUT2D eigenvalue weighted by Gasteiger charge is -2.05. The van der Waals surface area contributed by atoms with Gasteiger partial charge in [0.15, 0.2) is 5.69 Å². The highest BCUT2D eigenvalue weighted by atomic mass is 16.5. The lowest BCUT2D eigenvalue weighted by molar-refractivity contribution is 0.0689.